The molecule has 1 aliphatic rings. The molecule has 2 atom stereocenters. The maximum absolute atomic E-state index is 13.2. The molecule has 1 fully saturated rings. The van der Waals surface area contributed by atoms with Crippen LogP contribution < -0.4 is 5.32 Å². The highest BCUT2D eigenvalue weighted by Crippen LogP contribution is 2.47. The lowest BCUT2D eigenvalue weighted by Gasteiger charge is -2.20. The Bertz CT molecular complexity index is 800. The molecule has 1 aliphatic carbocycles. The fraction of sp³-hybridized carbons (Fsp3) is 0.444. The zero-order chi connectivity index (χ0) is 19.1. The number of carbonyl (C=O) groups excluding carboxylic acids is 1. The summed E-state index contributed by atoms with van der Waals surface area (Å²) in [5, 5.41) is 6.58. The summed E-state index contributed by atoms with van der Waals surface area (Å²) >= 11 is 3.05. The second kappa shape index (κ2) is 7.06. The number of amides is 1. The van der Waals surface area contributed by atoms with Crippen LogP contribution >= 0.6 is 15.9 Å². The van der Waals surface area contributed by atoms with E-state index >= 15 is 0 Å². The Morgan fingerprint density at radius 2 is 1.88 bits per heavy atom. The quantitative estimate of drug-likeness (QED) is 0.728. The third-order valence-corrected chi connectivity index (χ3v) is 5.31. The Hall–Kier alpha value is -1.83. The molecule has 1 aromatic heterocycles. The van der Waals surface area contributed by atoms with Crippen LogP contribution in [0.2, 0.25) is 0 Å². The number of hydrogen-bond acceptors (Lipinski definition) is 2. The Morgan fingerprint density at radius 1 is 1.27 bits per heavy atom. The van der Waals surface area contributed by atoms with E-state index in [1.54, 1.807) is 6.92 Å². The van der Waals surface area contributed by atoms with Crippen molar-refractivity contribution in [1.29, 1.82) is 0 Å². The number of carbonyl (C=O) groups is 1. The molecule has 0 saturated heterocycles. The summed E-state index contributed by atoms with van der Waals surface area (Å²) in [6.07, 6.45) is -2.96. The number of nitrogens with zero attached hydrogens (tertiary/aromatic N) is 2. The fourth-order valence-electron chi connectivity index (χ4n) is 2.90. The van der Waals surface area contributed by atoms with Crippen LogP contribution in [0.5, 0.6) is 0 Å². The van der Waals surface area contributed by atoms with Crippen LogP contribution in [0, 0.1) is 0 Å². The van der Waals surface area contributed by atoms with Crippen LogP contribution in [0.1, 0.15) is 61.6 Å². The van der Waals surface area contributed by atoms with Crippen molar-refractivity contribution in [2.75, 3.05) is 0 Å². The lowest BCUT2D eigenvalue weighted by Crippen LogP contribution is -2.34. The van der Waals surface area contributed by atoms with Gasteiger partial charge in [-0.05, 0) is 48.2 Å². The molecule has 8 heteroatoms. The van der Waals surface area contributed by atoms with Gasteiger partial charge in [-0.3, -0.25) is 9.48 Å². The van der Waals surface area contributed by atoms with E-state index in [0.717, 1.165) is 18.4 Å². The van der Waals surface area contributed by atoms with E-state index in [1.165, 1.54) is 4.68 Å². The second-order valence-corrected chi connectivity index (χ2v) is 7.37. The highest BCUT2D eigenvalue weighted by atomic mass is 79.9. The molecule has 140 valence electrons. The van der Waals surface area contributed by atoms with Crippen molar-refractivity contribution in [3.63, 3.8) is 0 Å². The van der Waals surface area contributed by atoms with Crippen molar-refractivity contribution in [3.05, 3.63) is 51.8 Å². The molecular formula is C18H19BrF3N3O. The van der Waals surface area contributed by atoms with Crippen molar-refractivity contribution in [2.45, 2.75) is 50.9 Å². The van der Waals surface area contributed by atoms with E-state index in [0.29, 0.717) is 5.69 Å². The number of benzene rings is 1. The van der Waals surface area contributed by atoms with Crippen LogP contribution in [-0.2, 0) is 11.0 Å². The van der Waals surface area contributed by atoms with E-state index in [4.69, 9.17) is 0 Å². The fourth-order valence-corrected chi connectivity index (χ4v) is 3.71. The van der Waals surface area contributed by atoms with E-state index in [2.05, 4.69) is 26.3 Å². The van der Waals surface area contributed by atoms with Gasteiger partial charge in [0.1, 0.15) is 6.04 Å². The van der Waals surface area contributed by atoms with Crippen molar-refractivity contribution in [2.24, 2.45) is 0 Å². The maximum Gasteiger partial charge on any atom is 0.436 e. The Morgan fingerprint density at radius 3 is 2.42 bits per heavy atom. The molecule has 3 rings (SSSR count). The number of halogens is 4. The predicted molar refractivity (Wildman–Crippen MR) is 94.6 cm³/mol. The first-order chi connectivity index (χ1) is 12.2. The summed E-state index contributed by atoms with van der Waals surface area (Å²) in [5.41, 5.74) is 0.399. The number of aromatic nitrogens is 2. The molecule has 0 bridgehead atoms. The lowest BCUT2D eigenvalue weighted by atomic mass is 10.1. The van der Waals surface area contributed by atoms with Gasteiger partial charge in [-0.15, -0.1) is 0 Å². The van der Waals surface area contributed by atoms with Crippen molar-refractivity contribution < 1.29 is 18.0 Å². The van der Waals surface area contributed by atoms with Gasteiger partial charge in [0.15, 0.2) is 5.69 Å². The molecule has 1 heterocycles. The number of rotatable bonds is 5. The lowest BCUT2D eigenvalue weighted by molar-refractivity contribution is -0.142. The summed E-state index contributed by atoms with van der Waals surface area (Å²) in [4.78, 5) is 12.6. The van der Waals surface area contributed by atoms with Gasteiger partial charge in [0, 0.05) is 5.92 Å². The van der Waals surface area contributed by atoms with Crippen LogP contribution in [0.4, 0.5) is 13.2 Å². The Kier molecular flexibility index (Phi) is 5.14. The van der Waals surface area contributed by atoms with Crippen LogP contribution in [0.15, 0.2) is 34.8 Å². The summed E-state index contributed by atoms with van der Waals surface area (Å²) < 4.78 is 40.8. The van der Waals surface area contributed by atoms with Crippen molar-refractivity contribution >= 4 is 21.8 Å². The zero-order valence-corrected chi connectivity index (χ0v) is 15.9. The van der Waals surface area contributed by atoms with E-state index < -0.39 is 17.9 Å². The van der Waals surface area contributed by atoms with Crippen LogP contribution in [0.3, 0.4) is 0 Å². The standard InChI is InChI=1S/C18H19BrF3N3O/c1-10(12-6-4-3-5-7-12)23-17(26)11(2)25-15(13-8-9-13)14(19)16(24-25)18(20,21)22/h3-7,10-11,13H,8-9H2,1-2H3,(H,23,26). The highest BCUT2D eigenvalue weighted by molar-refractivity contribution is 9.10. The molecule has 0 aliphatic heterocycles. The molecule has 1 N–H and O–H groups in total. The maximum atomic E-state index is 13.2. The Labute approximate surface area is 157 Å². The molecule has 0 spiro atoms. The third-order valence-electron chi connectivity index (χ3n) is 4.52. The van der Waals surface area contributed by atoms with Crippen LogP contribution in [-0.4, -0.2) is 15.7 Å². The van der Waals surface area contributed by atoms with Gasteiger partial charge in [-0.25, -0.2) is 0 Å². The van der Waals surface area contributed by atoms with Gasteiger partial charge in [0.25, 0.3) is 0 Å². The number of alkyl halides is 3. The van der Waals surface area contributed by atoms with Gasteiger partial charge in [0.05, 0.1) is 16.2 Å². The minimum Gasteiger partial charge on any atom is -0.348 e. The van der Waals surface area contributed by atoms with Gasteiger partial charge in [-0.2, -0.15) is 18.3 Å². The first-order valence-electron chi connectivity index (χ1n) is 8.40. The first kappa shape index (κ1) is 18.9. The van der Waals surface area contributed by atoms with E-state index in [1.807, 2.05) is 37.3 Å². The van der Waals surface area contributed by atoms with Crippen LogP contribution in [0.25, 0.3) is 0 Å². The van der Waals surface area contributed by atoms with E-state index in [9.17, 15) is 18.0 Å². The van der Waals surface area contributed by atoms with Gasteiger partial charge >= 0.3 is 6.18 Å². The molecule has 2 unspecified atom stereocenters. The molecule has 4 nitrogen and oxygen atoms in total. The minimum absolute atomic E-state index is 0.00905. The van der Waals surface area contributed by atoms with Gasteiger partial charge in [0.2, 0.25) is 5.91 Å². The average Bonchev–Trinajstić information content (AvgIpc) is 3.36. The normalized spacial score (nSPS) is 17.0. The smallest absolute Gasteiger partial charge is 0.348 e. The van der Waals surface area contributed by atoms with Crippen molar-refractivity contribution in [3.8, 4) is 0 Å². The minimum atomic E-state index is -4.57. The summed E-state index contributed by atoms with van der Waals surface area (Å²) in [7, 11) is 0. The second-order valence-electron chi connectivity index (χ2n) is 6.58. The molecule has 2 aromatic rings. The SMILES string of the molecule is CC(NC(=O)C(C)n1nc(C(F)(F)F)c(Br)c1C1CC1)c1ccccc1. The largest absolute Gasteiger partial charge is 0.436 e. The molecular weight excluding hydrogens is 411 g/mol. The average molecular weight is 430 g/mol. The molecule has 0 radical (unpaired) electrons. The van der Waals surface area contributed by atoms with Crippen molar-refractivity contribution in [1.82, 2.24) is 15.1 Å². The Balaban J connectivity index is 1.85. The number of nitrogens with one attached hydrogen (secondary N) is 1. The highest BCUT2D eigenvalue weighted by Gasteiger charge is 2.43. The third kappa shape index (κ3) is 3.79. The van der Waals surface area contributed by atoms with Gasteiger partial charge in [-0.1, -0.05) is 30.3 Å². The van der Waals surface area contributed by atoms with Gasteiger partial charge < -0.3 is 5.32 Å². The topological polar surface area (TPSA) is 46.9 Å². The molecule has 26 heavy (non-hydrogen) atoms. The molecule has 1 saturated carbocycles. The molecule has 1 aromatic carbocycles. The molecule has 1 amide bonds. The van der Waals surface area contributed by atoms with E-state index in [-0.39, 0.29) is 22.3 Å². The first-order valence-corrected chi connectivity index (χ1v) is 9.20. The summed E-state index contributed by atoms with van der Waals surface area (Å²) in [6, 6.07) is 8.29. The predicted octanol–water partition coefficient (Wildman–Crippen LogP) is 4.98. The zero-order valence-electron chi connectivity index (χ0n) is 14.3. The monoisotopic (exact) mass is 429 g/mol. The number of hydrogen-bond donors (Lipinski definition) is 1. The summed E-state index contributed by atoms with van der Waals surface area (Å²) in [6.45, 7) is 3.40. The summed E-state index contributed by atoms with van der Waals surface area (Å²) in [5.74, 6) is -0.359.